The summed E-state index contributed by atoms with van der Waals surface area (Å²) in [5.41, 5.74) is 3.45. The van der Waals surface area contributed by atoms with E-state index < -0.39 is 0 Å². The Morgan fingerprint density at radius 3 is 2.74 bits per heavy atom. The number of aromatic hydroxyl groups is 1. The number of hydrogen-bond acceptors (Lipinski definition) is 4. The maximum absolute atomic E-state index is 10.2. The van der Waals surface area contributed by atoms with Crippen LogP contribution in [0.3, 0.4) is 0 Å². The van der Waals surface area contributed by atoms with Crippen molar-refractivity contribution in [2.24, 2.45) is 5.41 Å². The van der Waals surface area contributed by atoms with Gasteiger partial charge in [0.15, 0.2) is 11.5 Å². The highest BCUT2D eigenvalue weighted by atomic mass is 35.5. The summed E-state index contributed by atoms with van der Waals surface area (Å²) < 4.78 is 5.22. The predicted molar refractivity (Wildman–Crippen MR) is 109 cm³/mol. The van der Waals surface area contributed by atoms with E-state index in [4.69, 9.17) is 16.3 Å². The molecule has 2 aromatic carbocycles. The average molecular weight is 390 g/mol. The lowest BCUT2D eigenvalue weighted by atomic mass is 9.75. The zero-order valence-electron chi connectivity index (χ0n) is 16.0. The monoisotopic (exact) mass is 389 g/mol. The van der Waals surface area contributed by atoms with Gasteiger partial charge in [0.25, 0.3) is 0 Å². The lowest BCUT2D eigenvalue weighted by Crippen LogP contribution is -2.46. The number of aryl methyl sites for hydroxylation is 1. The van der Waals surface area contributed by atoms with Gasteiger partial charge in [-0.2, -0.15) is 0 Å². The minimum absolute atomic E-state index is 0.0224. The third-order valence-electron chi connectivity index (χ3n) is 5.62. The summed E-state index contributed by atoms with van der Waals surface area (Å²) in [7, 11) is 1.52. The summed E-state index contributed by atoms with van der Waals surface area (Å²) in [6, 6.07) is 12.0. The molecule has 146 valence electrons. The first-order valence-electron chi connectivity index (χ1n) is 9.39. The second-order valence-electron chi connectivity index (χ2n) is 7.70. The summed E-state index contributed by atoms with van der Waals surface area (Å²) in [5, 5.41) is 20.5. The minimum atomic E-state index is -0.130. The van der Waals surface area contributed by atoms with Gasteiger partial charge in [-0.15, -0.1) is 0 Å². The van der Waals surface area contributed by atoms with Crippen LogP contribution in [0.15, 0.2) is 36.4 Å². The standard InChI is InChI=1S/C22H28ClNO3/c1-16-6-3-4-7-18(16)12-22(15-25)8-5-9-24(14-22)13-17-10-19(23)21(26)20(11-17)27-2/h3-4,6-7,10-11,25-26H,5,8-9,12-15H2,1-2H3/t22-/m0/s1. The van der Waals surface area contributed by atoms with Crippen LogP contribution in [0, 0.1) is 12.3 Å². The van der Waals surface area contributed by atoms with Crippen LogP contribution in [-0.2, 0) is 13.0 Å². The molecule has 1 fully saturated rings. The number of phenols is 1. The first-order chi connectivity index (χ1) is 13.0. The molecule has 2 aromatic rings. The topological polar surface area (TPSA) is 52.9 Å². The fraction of sp³-hybridized carbons (Fsp3) is 0.455. The molecule has 0 amide bonds. The van der Waals surface area contributed by atoms with Crippen molar-refractivity contribution in [3.63, 3.8) is 0 Å². The lowest BCUT2D eigenvalue weighted by molar-refractivity contribution is 0.0287. The van der Waals surface area contributed by atoms with E-state index in [0.29, 0.717) is 17.3 Å². The molecule has 5 heteroatoms. The van der Waals surface area contributed by atoms with Crippen molar-refractivity contribution in [3.8, 4) is 11.5 Å². The van der Waals surface area contributed by atoms with Gasteiger partial charge in [-0.05, 0) is 61.6 Å². The van der Waals surface area contributed by atoms with E-state index in [0.717, 1.165) is 37.9 Å². The number of likely N-dealkylation sites (tertiary alicyclic amines) is 1. The van der Waals surface area contributed by atoms with Crippen molar-refractivity contribution in [2.45, 2.75) is 32.7 Å². The van der Waals surface area contributed by atoms with Gasteiger partial charge < -0.3 is 14.9 Å². The lowest BCUT2D eigenvalue weighted by Gasteiger charge is -2.42. The number of ether oxygens (including phenoxy) is 1. The number of phenolic OH excluding ortho intramolecular Hbond substituents is 1. The molecule has 0 bridgehead atoms. The molecule has 1 aliphatic heterocycles. The van der Waals surface area contributed by atoms with Crippen molar-refractivity contribution >= 4 is 11.6 Å². The highest BCUT2D eigenvalue weighted by Gasteiger charge is 2.35. The van der Waals surface area contributed by atoms with Crippen molar-refractivity contribution in [3.05, 3.63) is 58.1 Å². The molecule has 2 N–H and O–H groups in total. The number of aliphatic hydroxyl groups excluding tert-OH is 1. The molecule has 1 aliphatic rings. The molecule has 0 radical (unpaired) electrons. The average Bonchev–Trinajstić information content (AvgIpc) is 2.66. The number of hydrogen-bond donors (Lipinski definition) is 2. The summed E-state index contributed by atoms with van der Waals surface area (Å²) in [4.78, 5) is 2.36. The van der Waals surface area contributed by atoms with Crippen molar-refractivity contribution in [1.29, 1.82) is 0 Å². The second kappa shape index (κ2) is 8.51. The van der Waals surface area contributed by atoms with E-state index in [1.807, 2.05) is 6.07 Å². The van der Waals surface area contributed by atoms with E-state index in [1.54, 1.807) is 6.07 Å². The second-order valence-corrected chi connectivity index (χ2v) is 8.11. The number of halogens is 1. The molecule has 0 unspecified atom stereocenters. The van der Waals surface area contributed by atoms with Crippen LogP contribution in [0.2, 0.25) is 5.02 Å². The Labute approximate surface area is 166 Å². The van der Waals surface area contributed by atoms with E-state index in [-0.39, 0.29) is 17.8 Å². The Kier molecular flexibility index (Phi) is 6.30. The predicted octanol–water partition coefficient (Wildman–Crippen LogP) is 4.18. The van der Waals surface area contributed by atoms with Crippen molar-refractivity contribution in [2.75, 3.05) is 26.8 Å². The summed E-state index contributed by atoms with van der Waals surface area (Å²) in [6.07, 6.45) is 2.95. The first kappa shape index (κ1) is 20.0. The van der Waals surface area contributed by atoms with Gasteiger partial charge in [-0.3, -0.25) is 4.90 Å². The van der Waals surface area contributed by atoms with Crippen LogP contribution in [-0.4, -0.2) is 41.9 Å². The molecule has 0 saturated carbocycles. The van der Waals surface area contributed by atoms with Crippen molar-refractivity contribution in [1.82, 2.24) is 4.90 Å². The Hall–Kier alpha value is -1.75. The van der Waals surface area contributed by atoms with Crippen molar-refractivity contribution < 1.29 is 14.9 Å². The number of methoxy groups -OCH3 is 1. The molecule has 1 saturated heterocycles. The quantitative estimate of drug-likeness (QED) is 0.778. The number of piperidine rings is 1. The van der Waals surface area contributed by atoms with Crippen LogP contribution >= 0.6 is 11.6 Å². The fourth-order valence-electron chi connectivity index (χ4n) is 4.12. The Morgan fingerprint density at radius 1 is 1.26 bits per heavy atom. The molecule has 4 nitrogen and oxygen atoms in total. The van der Waals surface area contributed by atoms with E-state index in [2.05, 4.69) is 36.1 Å². The number of benzene rings is 2. The van der Waals surface area contributed by atoms with E-state index in [1.165, 1.54) is 18.2 Å². The maximum atomic E-state index is 10.2. The van der Waals surface area contributed by atoms with Crippen LogP contribution < -0.4 is 4.74 Å². The molecule has 0 spiro atoms. The molecule has 27 heavy (non-hydrogen) atoms. The summed E-state index contributed by atoms with van der Waals surface area (Å²) in [6.45, 7) is 4.84. The molecule has 3 rings (SSSR count). The summed E-state index contributed by atoms with van der Waals surface area (Å²) >= 11 is 6.13. The fourth-order valence-corrected chi connectivity index (χ4v) is 4.35. The van der Waals surface area contributed by atoms with Gasteiger partial charge >= 0.3 is 0 Å². The molecule has 0 aromatic heterocycles. The van der Waals surface area contributed by atoms with Gasteiger partial charge in [0.05, 0.1) is 18.7 Å². The zero-order chi connectivity index (χ0) is 19.4. The van der Waals surface area contributed by atoms with Gasteiger partial charge in [0.1, 0.15) is 0 Å². The highest BCUT2D eigenvalue weighted by Crippen LogP contribution is 2.37. The van der Waals surface area contributed by atoms with Crippen LogP contribution in [0.5, 0.6) is 11.5 Å². The number of rotatable bonds is 6. The molecule has 1 atom stereocenters. The van der Waals surface area contributed by atoms with Crippen LogP contribution in [0.25, 0.3) is 0 Å². The first-order valence-corrected chi connectivity index (χ1v) is 9.77. The SMILES string of the molecule is COc1cc(CN2CCC[C@](CO)(Cc3ccccc3C)C2)cc(Cl)c1O. The van der Waals surface area contributed by atoms with Gasteiger partial charge in [-0.25, -0.2) is 0 Å². The largest absolute Gasteiger partial charge is 0.503 e. The third-order valence-corrected chi connectivity index (χ3v) is 5.91. The smallest absolute Gasteiger partial charge is 0.176 e. The third kappa shape index (κ3) is 4.57. The highest BCUT2D eigenvalue weighted by molar-refractivity contribution is 6.32. The van der Waals surface area contributed by atoms with Gasteiger partial charge in [-0.1, -0.05) is 35.9 Å². The van der Waals surface area contributed by atoms with E-state index >= 15 is 0 Å². The van der Waals surface area contributed by atoms with Gasteiger partial charge in [0, 0.05) is 18.5 Å². The zero-order valence-corrected chi connectivity index (χ0v) is 16.8. The normalized spacial score (nSPS) is 20.6. The molecular formula is C22H28ClNO3. The van der Waals surface area contributed by atoms with E-state index in [9.17, 15) is 10.2 Å². The molecule has 0 aliphatic carbocycles. The molecular weight excluding hydrogens is 362 g/mol. The Morgan fingerprint density at radius 2 is 2.04 bits per heavy atom. The van der Waals surface area contributed by atoms with Gasteiger partial charge in [0.2, 0.25) is 0 Å². The minimum Gasteiger partial charge on any atom is -0.503 e. The Bertz CT molecular complexity index is 795. The summed E-state index contributed by atoms with van der Waals surface area (Å²) in [5.74, 6) is 0.369. The van der Waals surface area contributed by atoms with Crippen LogP contribution in [0.1, 0.15) is 29.5 Å². The number of aliphatic hydroxyl groups is 1. The Balaban J connectivity index is 1.76. The number of nitrogens with zero attached hydrogens (tertiary/aromatic N) is 1. The molecule has 1 heterocycles. The van der Waals surface area contributed by atoms with Crippen LogP contribution in [0.4, 0.5) is 0 Å². The maximum Gasteiger partial charge on any atom is 0.176 e.